The number of carbonyl (C=O) groups excluding carboxylic acids is 1. The van der Waals surface area contributed by atoms with E-state index in [-0.39, 0.29) is 12.5 Å². The first kappa shape index (κ1) is 53.1. The molecule has 45 heavy (non-hydrogen) atoms. The lowest BCUT2D eigenvalue weighted by molar-refractivity contribution is -0.125. The van der Waals surface area contributed by atoms with Gasteiger partial charge in [0.15, 0.2) is 12.3 Å². The standard InChI is InChI=1S/C14H31NO.C10H16O.C7H16N2O2.C2H6O2S.C2H6/c1-7-14(4,8-2)10-9-13(3)11-16-12-15(5)6;1-5-7-9(3)8-10(6-2)11-4;1-3-9-7(10)6-11-5-4-8-2;1-3-5-4-2;1-2/h13H,7-12H2,1-6H3;6-8H,2,5H2,1,3-4H3;8H,3-6H2,1-2H3,(H,9,10);1-2H3;1-2H3/b;9-7-,10-8+;;;. The molecule has 2 N–H and O–H groups in total. The van der Waals surface area contributed by atoms with E-state index in [9.17, 15) is 4.79 Å². The van der Waals surface area contributed by atoms with E-state index in [0.717, 1.165) is 44.4 Å². The van der Waals surface area contributed by atoms with Gasteiger partial charge in [-0.1, -0.05) is 79.5 Å². The number of amides is 1. The Morgan fingerprint density at radius 1 is 1.04 bits per heavy atom. The third-order valence-corrected chi connectivity index (χ3v) is 6.54. The second-order valence-corrected chi connectivity index (χ2v) is 11.4. The number of likely N-dealkylation sites (N-methyl/N-ethyl adjacent to an activating group) is 2. The SMILES string of the molecule is C=C/C(=C\C(C)=C/CC)OC.CC.CCC(C)(CC)CCC(C)COCN(C)C.CCNC(=O)COCCNC.COSOC. The molecule has 0 rings (SSSR count). The first-order valence-electron chi connectivity index (χ1n) is 16.4. The second-order valence-electron chi connectivity index (χ2n) is 10.6. The normalized spacial score (nSPS) is 11.7. The molecule has 1 amide bonds. The topological polar surface area (TPSA) is 90.5 Å². The van der Waals surface area contributed by atoms with E-state index in [0.29, 0.717) is 24.5 Å². The minimum absolute atomic E-state index is 0.0522. The maximum Gasteiger partial charge on any atom is 0.245 e. The summed E-state index contributed by atoms with van der Waals surface area (Å²) in [6.07, 6.45) is 12.0. The molecule has 1 atom stereocenters. The van der Waals surface area contributed by atoms with Crippen LogP contribution in [0, 0.1) is 11.3 Å². The molecule has 0 aliphatic carbocycles. The number of ether oxygens (including phenoxy) is 3. The van der Waals surface area contributed by atoms with E-state index < -0.39 is 0 Å². The Labute approximate surface area is 284 Å². The summed E-state index contributed by atoms with van der Waals surface area (Å²) in [5.74, 6) is 1.44. The predicted octanol–water partition coefficient (Wildman–Crippen LogP) is 8.05. The van der Waals surface area contributed by atoms with Crippen molar-refractivity contribution in [3.8, 4) is 0 Å². The monoisotopic (exact) mass is 666 g/mol. The fourth-order valence-electron chi connectivity index (χ4n) is 3.18. The van der Waals surface area contributed by atoms with Crippen molar-refractivity contribution in [2.75, 3.05) is 82.1 Å². The van der Waals surface area contributed by atoms with Crippen LogP contribution in [0.4, 0.5) is 0 Å². The molecule has 0 aliphatic heterocycles. The van der Waals surface area contributed by atoms with Gasteiger partial charge < -0.3 is 24.8 Å². The third kappa shape index (κ3) is 47.1. The number of nitrogens with one attached hydrogen (secondary N) is 2. The fraction of sp³-hybridized carbons (Fsp3) is 0.800. The van der Waals surface area contributed by atoms with Crippen molar-refractivity contribution in [2.24, 2.45) is 11.3 Å². The molecule has 1 unspecified atom stereocenters. The molecule has 10 heteroatoms. The Balaban J connectivity index is -0.000000164. The zero-order valence-electron chi connectivity index (χ0n) is 32.1. The zero-order chi connectivity index (χ0) is 35.9. The molecule has 0 saturated heterocycles. The smallest absolute Gasteiger partial charge is 0.245 e. The molecule has 0 heterocycles. The molecule has 0 aromatic heterocycles. The van der Waals surface area contributed by atoms with Crippen LogP contribution in [0.15, 0.2) is 36.1 Å². The maximum atomic E-state index is 10.7. The van der Waals surface area contributed by atoms with Crippen LogP contribution in [-0.2, 0) is 27.4 Å². The van der Waals surface area contributed by atoms with Crippen LogP contribution < -0.4 is 10.6 Å². The number of nitrogens with zero attached hydrogens (tertiary/aromatic N) is 1. The molecule has 0 aromatic rings. The van der Waals surface area contributed by atoms with E-state index in [1.54, 1.807) is 27.4 Å². The molecule has 0 bridgehead atoms. The first-order chi connectivity index (χ1) is 21.4. The van der Waals surface area contributed by atoms with Gasteiger partial charge in [0.05, 0.1) is 41.3 Å². The van der Waals surface area contributed by atoms with E-state index in [1.165, 1.54) is 31.3 Å². The molecular formula is C35H75N3O6S. The van der Waals surface area contributed by atoms with Crippen molar-refractivity contribution >= 4 is 18.2 Å². The van der Waals surface area contributed by atoms with Crippen molar-refractivity contribution < 1.29 is 27.4 Å². The van der Waals surface area contributed by atoms with Gasteiger partial charge >= 0.3 is 0 Å². The lowest BCUT2D eigenvalue weighted by Gasteiger charge is -2.28. The van der Waals surface area contributed by atoms with Crippen LogP contribution in [0.1, 0.15) is 94.4 Å². The van der Waals surface area contributed by atoms with Crippen molar-refractivity contribution in [3.05, 3.63) is 36.1 Å². The minimum atomic E-state index is -0.0522. The van der Waals surface area contributed by atoms with E-state index >= 15 is 0 Å². The van der Waals surface area contributed by atoms with Gasteiger partial charge in [0.2, 0.25) is 5.91 Å². The summed E-state index contributed by atoms with van der Waals surface area (Å²) in [5, 5.41) is 5.55. The number of allylic oxidation sites excluding steroid dienone is 4. The highest BCUT2D eigenvalue weighted by Gasteiger charge is 2.20. The summed E-state index contributed by atoms with van der Waals surface area (Å²) < 4.78 is 24.4. The van der Waals surface area contributed by atoms with Gasteiger partial charge in [0, 0.05) is 13.1 Å². The van der Waals surface area contributed by atoms with Crippen LogP contribution in [0.2, 0.25) is 0 Å². The van der Waals surface area contributed by atoms with Gasteiger partial charge in [-0.2, -0.15) is 0 Å². The molecule has 9 nitrogen and oxygen atoms in total. The molecule has 0 fully saturated rings. The predicted molar refractivity (Wildman–Crippen MR) is 197 cm³/mol. The van der Waals surface area contributed by atoms with Gasteiger partial charge in [-0.05, 0) is 77.7 Å². The molecule has 272 valence electrons. The summed E-state index contributed by atoms with van der Waals surface area (Å²) in [7, 11) is 10.7. The van der Waals surface area contributed by atoms with Crippen LogP contribution in [0.25, 0.3) is 0 Å². The summed E-state index contributed by atoms with van der Waals surface area (Å²) >= 11 is 0.963. The second kappa shape index (κ2) is 42.6. The molecule has 0 aromatic carbocycles. The zero-order valence-corrected chi connectivity index (χ0v) is 32.9. The summed E-state index contributed by atoms with van der Waals surface area (Å²) in [6, 6.07) is 0. The largest absolute Gasteiger partial charge is 0.497 e. The van der Waals surface area contributed by atoms with E-state index in [4.69, 9.17) is 14.2 Å². The van der Waals surface area contributed by atoms with Crippen molar-refractivity contribution in [1.29, 1.82) is 0 Å². The number of hydrogen-bond donors (Lipinski definition) is 2. The van der Waals surface area contributed by atoms with Crippen LogP contribution in [-0.4, -0.2) is 92.9 Å². The summed E-state index contributed by atoms with van der Waals surface area (Å²) in [4.78, 5) is 12.8. The summed E-state index contributed by atoms with van der Waals surface area (Å²) in [5.41, 5.74) is 1.75. The average molecular weight is 666 g/mol. The Morgan fingerprint density at radius 3 is 2.00 bits per heavy atom. The van der Waals surface area contributed by atoms with E-state index in [2.05, 4.69) is 71.2 Å². The molecule has 0 saturated carbocycles. The average Bonchev–Trinajstić information content (AvgIpc) is 3.03. The van der Waals surface area contributed by atoms with Gasteiger partial charge in [0.1, 0.15) is 12.4 Å². The van der Waals surface area contributed by atoms with Crippen molar-refractivity contribution in [1.82, 2.24) is 15.5 Å². The number of hydrogen-bond acceptors (Lipinski definition) is 9. The van der Waals surface area contributed by atoms with Gasteiger partial charge in [-0.25, -0.2) is 0 Å². The lowest BCUT2D eigenvalue weighted by Crippen LogP contribution is -2.28. The molecule has 0 aliphatic rings. The van der Waals surface area contributed by atoms with Crippen LogP contribution in [0.3, 0.4) is 0 Å². The Hall–Kier alpha value is -1.40. The number of rotatable bonds is 21. The van der Waals surface area contributed by atoms with E-state index in [1.807, 2.05) is 54.9 Å². The molecule has 0 radical (unpaired) electrons. The van der Waals surface area contributed by atoms with Crippen molar-refractivity contribution in [2.45, 2.75) is 94.4 Å². The lowest BCUT2D eigenvalue weighted by atomic mass is 9.79. The highest BCUT2D eigenvalue weighted by molar-refractivity contribution is 7.89. The highest BCUT2D eigenvalue weighted by Crippen LogP contribution is 2.32. The number of methoxy groups -OCH3 is 1. The Morgan fingerprint density at radius 2 is 1.62 bits per heavy atom. The minimum Gasteiger partial charge on any atom is -0.497 e. The first-order valence-corrected chi connectivity index (χ1v) is 17.1. The van der Waals surface area contributed by atoms with Gasteiger partial charge in [-0.15, -0.1) is 0 Å². The van der Waals surface area contributed by atoms with Crippen molar-refractivity contribution in [3.63, 3.8) is 0 Å². The Kier molecular flexibility index (Phi) is 50.3. The van der Waals surface area contributed by atoms with Crippen LogP contribution in [0.5, 0.6) is 0 Å². The quantitative estimate of drug-likeness (QED) is 0.0416. The highest BCUT2D eigenvalue weighted by atomic mass is 32.2. The maximum absolute atomic E-state index is 10.7. The fourth-order valence-corrected chi connectivity index (χ4v) is 3.32. The molecule has 0 spiro atoms. The number of carbonyl (C=O) groups is 1. The summed E-state index contributed by atoms with van der Waals surface area (Å²) in [6.45, 7) is 26.8. The molecular weight excluding hydrogens is 590 g/mol. The Bertz CT molecular complexity index is 670. The van der Waals surface area contributed by atoms with Gasteiger partial charge in [0.25, 0.3) is 0 Å². The third-order valence-electron chi connectivity index (χ3n) is 6.27. The van der Waals surface area contributed by atoms with Gasteiger partial charge in [-0.3, -0.25) is 18.1 Å². The van der Waals surface area contributed by atoms with Crippen LogP contribution >= 0.6 is 12.3 Å².